The first-order valence-corrected chi connectivity index (χ1v) is 11.6. The number of fused-ring (bicyclic) bond motifs is 1. The molecule has 4 rings (SSSR count). The average Bonchev–Trinajstić information content (AvgIpc) is 3.35. The number of esters is 2. The second-order valence-corrected chi connectivity index (χ2v) is 8.95. The summed E-state index contributed by atoms with van der Waals surface area (Å²) >= 11 is 4.98. The van der Waals surface area contributed by atoms with Gasteiger partial charge >= 0.3 is 11.9 Å². The van der Waals surface area contributed by atoms with Crippen molar-refractivity contribution in [3.8, 4) is 5.75 Å². The van der Waals surface area contributed by atoms with Crippen LogP contribution in [-0.4, -0.2) is 24.8 Å². The highest BCUT2D eigenvalue weighted by Gasteiger charge is 2.27. The third-order valence-corrected chi connectivity index (χ3v) is 6.58. The molecule has 0 atom stereocenters. The Morgan fingerprint density at radius 2 is 1.94 bits per heavy atom. The van der Waals surface area contributed by atoms with Crippen molar-refractivity contribution in [2.45, 2.75) is 26.2 Å². The molecule has 0 unspecified atom stereocenters. The third kappa shape index (κ3) is 4.78. The van der Waals surface area contributed by atoms with E-state index in [1.165, 1.54) is 16.2 Å². The Hall–Kier alpha value is -2.77. The van der Waals surface area contributed by atoms with Crippen LogP contribution < -0.4 is 4.74 Å². The number of rotatable bonds is 6. The lowest BCUT2D eigenvalue weighted by atomic mass is 10.1. The van der Waals surface area contributed by atoms with Gasteiger partial charge in [0.1, 0.15) is 10.8 Å². The van der Waals surface area contributed by atoms with E-state index in [0.29, 0.717) is 34.0 Å². The Labute approximate surface area is 192 Å². The van der Waals surface area contributed by atoms with E-state index in [0.717, 1.165) is 29.3 Å². The van der Waals surface area contributed by atoms with E-state index in [1.54, 1.807) is 49.5 Å². The third-order valence-electron chi connectivity index (χ3n) is 4.89. The van der Waals surface area contributed by atoms with Crippen molar-refractivity contribution < 1.29 is 19.1 Å². The van der Waals surface area contributed by atoms with Crippen LogP contribution in [0.25, 0.3) is 0 Å². The van der Waals surface area contributed by atoms with E-state index < -0.39 is 5.97 Å². The number of halogens is 1. The van der Waals surface area contributed by atoms with E-state index in [2.05, 4.69) is 20.9 Å². The molecule has 0 saturated carbocycles. The SMILES string of the molecule is CCOC(=O)c1c(/N=C/c2cc(Br)ccc2OC(=O)c2ccccc2)sc2c1CCC2. The number of nitrogens with zero attached hydrogens (tertiary/aromatic N) is 1. The Morgan fingerprint density at radius 1 is 1.13 bits per heavy atom. The summed E-state index contributed by atoms with van der Waals surface area (Å²) in [6.07, 6.45) is 4.50. The van der Waals surface area contributed by atoms with Gasteiger partial charge in [0.15, 0.2) is 0 Å². The van der Waals surface area contributed by atoms with Gasteiger partial charge in [0, 0.05) is 21.1 Å². The standard InChI is InChI=1S/C24H20BrNO4S/c1-2-29-24(28)21-18-9-6-10-20(18)31-22(21)26-14-16-13-17(25)11-12-19(16)30-23(27)15-7-4-3-5-8-15/h3-5,7-8,11-14H,2,6,9-10H2,1H3/b26-14+. The number of hydrogen-bond acceptors (Lipinski definition) is 6. The zero-order chi connectivity index (χ0) is 21.8. The largest absolute Gasteiger partial charge is 0.462 e. The molecule has 1 aliphatic rings. The maximum atomic E-state index is 12.6. The number of thiophene rings is 1. The second-order valence-electron chi connectivity index (χ2n) is 6.95. The van der Waals surface area contributed by atoms with Gasteiger partial charge in [-0.15, -0.1) is 11.3 Å². The molecule has 0 amide bonds. The first-order valence-electron chi connectivity index (χ1n) is 9.99. The van der Waals surface area contributed by atoms with Crippen LogP contribution in [0.1, 0.15) is 50.1 Å². The van der Waals surface area contributed by atoms with Gasteiger partial charge in [0.05, 0.1) is 17.7 Å². The summed E-state index contributed by atoms with van der Waals surface area (Å²) in [5.74, 6) is -0.388. The number of ether oxygens (including phenoxy) is 2. The highest BCUT2D eigenvalue weighted by atomic mass is 79.9. The molecule has 0 bridgehead atoms. The molecule has 0 saturated heterocycles. The summed E-state index contributed by atoms with van der Waals surface area (Å²) in [5.41, 5.74) is 2.71. The van der Waals surface area contributed by atoms with E-state index in [-0.39, 0.29) is 5.97 Å². The van der Waals surface area contributed by atoms with Crippen molar-refractivity contribution in [1.82, 2.24) is 0 Å². The van der Waals surface area contributed by atoms with Crippen LogP contribution in [0.4, 0.5) is 5.00 Å². The normalized spacial score (nSPS) is 12.7. The molecule has 1 heterocycles. The predicted octanol–water partition coefficient (Wildman–Crippen LogP) is 6.15. The summed E-state index contributed by atoms with van der Waals surface area (Å²) < 4.78 is 11.7. The zero-order valence-electron chi connectivity index (χ0n) is 16.9. The van der Waals surface area contributed by atoms with Crippen molar-refractivity contribution in [2.24, 2.45) is 4.99 Å². The van der Waals surface area contributed by atoms with E-state index >= 15 is 0 Å². The van der Waals surface area contributed by atoms with Crippen LogP contribution in [-0.2, 0) is 17.6 Å². The van der Waals surface area contributed by atoms with Gasteiger partial charge in [0.25, 0.3) is 0 Å². The van der Waals surface area contributed by atoms with E-state index in [4.69, 9.17) is 9.47 Å². The second kappa shape index (κ2) is 9.58. The van der Waals surface area contributed by atoms with Crippen molar-refractivity contribution >= 4 is 50.4 Å². The highest BCUT2D eigenvalue weighted by molar-refractivity contribution is 9.10. The fourth-order valence-corrected chi connectivity index (χ4v) is 5.07. The summed E-state index contributed by atoms with van der Waals surface area (Å²) in [4.78, 5) is 30.9. The average molecular weight is 498 g/mol. The lowest BCUT2D eigenvalue weighted by Gasteiger charge is -2.08. The Bertz CT molecular complexity index is 1150. The molecule has 0 radical (unpaired) electrons. The fraction of sp³-hybridized carbons (Fsp3) is 0.208. The van der Waals surface area contributed by atoms with Gasteiger partial charge in [-0.3, -0.25) is 0 Å². The lowest BCUT2D eigenvalue weighted by Crippen LogP contribution is -2.09. The number of carbonyl (C=O) groups excluding carboxylic acids is 2. The molecule has 0 aliphatic heterocycles. The highest BCUT2D eigenvalue weighted by Crippen LogP contribution is 2.41. The minimum absolute atomic E-state index is 0.317. The molecular formula is C24H20BrNO4S. The molecule has 1 aromatic heterocycles. The summed E-state index contributed by atoms with van der Waals surface area (Å²) in [6.45, 7) is 2.11. The maximum Gasteiger partial charge on any atom is 0.343 e. The van der Waals surface area contributed by atoms with Gasteiger partial charge in [-0.25, -0.2) is 14.6 Å². The lowest BCUT2D eigenvalue weighted by molar-refractivity contribution is 0.0526. The van der Waals surface area contributed by atoms with Crippen LogP contribution in [0.3, 0.4) is 0 Å². The quantitative estimate of drug-likeness (QED) is 0.233. The molecule has 158 valence electrons. The molecule has 2 aromatic carbocycles. The van der Waals surface area contributed by atoms with Gasteiger partial charge in [-0.1, -0.05) is 34.1 Å². The van der Waals surface area contributed by atoms with Crippen LogP contribution in [0, 0.1) is 0 Å². The number of aliphatic imine (C=N–C) groups is 1. The molecule has 1 aliphatic carbocycles. The van der Waals surface area contributed by atoms with Crippen LogP contribution in [0.5, 0.6) is 5.75 Å². The predicted molar refractivity (Wildman–Crippen MR) is 125 cm³/mol. The topological polar surface area (TPSA) is 65.0 Å². The molecule has 0 fully saturated rings. The molecule has 3 aromatic rings. The molecule has 31 heavy (non-hydrogen) atoms. The smallest absolute Gasteiger partial charge is 0.343 e. The number of benzene rings is 2. The Balaban J connectivity index is 1.65. The molecule has 0 spiro atoms. The first-order chi connectivity index (χ1) is 15.1. The van der Waals surface area contributed by atoms with Crippen molar-refractivity contribution in [1.29, 1.82) is 0 Å². The van der Waals surface area contributed by atoms with Crippen molar-refractivity contribution in [3.63, 3.8) is 0 Å². The minimum Gasteiger partial charge on any atom is -0.462 e. The minimum atomic E-state index is -0.445. The van der Waals surface area contributed by atoms with E-state index in [9.17, 15) is 9.59 Å². The van der Waals surface area contributed by atoms with Crippen molar-refractivity contribution in [2.75, 3.05) is 6.61 Å². The number of aryl methyl sites for hydroxylation is 1. The first kappa shape index (κ1) is 21.5. The van der Waals surface area contributed by atoms with Gasteiger partial charge < -0.3 is 9.47 Å². The van der Waals surface area contributed by atoms with Crippen molar-refractivity contribution in [3.05, 3.63) is 80.1 Å². The zero-order valence-corrected chi connectivity index (χ0v) is 19.3. The number of carbonyl (C=O) groups is 2. The number of hydrogen-bond donors (Lipinski definition) is 0. The van der Waals surface area contributed by atoms with Crippen LogP contribution in [0.15, 0.2) is 58.0 Å². The van der Waals surface area contributed by atoms with Crippen LogP contribution in [0.2, 0.25) is 0 Å². The molecule has 7 heteroatoms. The Morgan fingerprint density at radius 3 is 2.71 bits per heavy atom. The summed E-state index contributed by atoms with van der Waals surface area (Å²) in [5, 5.41) is 0.628. The van der Waals surface area contributed by atoms with Gasteiger partial charge in [-0.05, 0) is 62.1 Å². The van der Waals surface area contributed by atoms with E-state index in [1.807, 2.05) is 12.1 Å². The van der Waals surface area contributed by atoms with Gasteiger partial charge in [-0.2, -0.15) is 0 Å². The molecular weight excluding hydrogens is 478 g/mol. The molecule has 0 N–H and O–H groups in total. The molecule has 5 nitrogen and oxygen atoms in total. The monoisotopic (exact) mass is 497 g/mol. The fourth-order valence-electron chi connectivity index (χ4n) is 3.47. The summed E-state index contributed by atoms with van der Waals surface area (Å²) in [7, 11) is 0. The van der Waals surface area contributed by atoms with Gasteiger partial charge in [0.2, 0.25) is 0 Å². The Kier molecular flexibility index (Phi) is 6.63. The summed E-state index contributed by atoms with van der Waals surface area (Å²) in [6, 6.07) is 14.2. The van der Waals surface area contributed by atoms with Crippen LogP contribution >= 0.6 is 27.3 Å². The maximum absolute atomic E-state index is 12.6.